The second kappa shape index (κ2) is 5.78. The van der Waals surface area contributed by atoms with Gasteiger partial charge < -0.3 is 15.2 Å². The van der Waals surface area contributed by atoms with Crippen molar-refractivity contribution in [3.05, 3.63) is 39.5 Å². The van der Waals surface area contributed by atoms with Crippen LogP contribution in [0.15, 0.2) is 24.3 Å². The monoisotopic (exact) mass is 383 g/mol. The lowest BCUT2D eigenvalue weighted by Crippen LogP contribution is -2.29. The van der Waals surface area contributed by atoms with Gasteiger partial charge in [0.05, 0.1) is 6.54 Å². The lowest BCUT2D eigenvalue weighted by atomic mass is 10.3. The zero-order valence-electron chi connectivity index (χ0n) is 10.8. The lowest BCUT2D eigenvalue weighted by molar-refractivity contribution is 0.251. The molecule has 0 saturated heterocycles. The van der Waals surface area contributed by atoms with Crippen molar-refractivity contribution in [2.24, 2.45) is 0 Å². The number of carbonyl (C=O) groups is 1. The van der Waals surface area contributed by atoms with Crippen LogP contribution in [0.2, 0.25) is 0 Å². The molecule has 1 aliphatic rings. The van der Waals surface area contributed by atoms with Crippen LogP contribution in [-0.2, 0) is 19.5 Å². The molecule has 3 rings (SSSR count). The van der Waals surface area contributed by atoms with Gasteiger partial charge in [0.15, 0.2) is 5.82 Å². The van der Waals surface area contributed by atoms with E-state index in [1.54, 1.807) is 0 Å². The number of aryl methyl sites for hydroxylation is 1. The number of anilines is 1. The van der Waals surface area contributed by atoms with Gasteiger partial charge in [-0.25, -0.2) is 4.79 Å². The minimum atomic E-state index is -0.234. The summed E-state index contributed by atoms with van der Waals surface area (Å²) in [5.41, 5.74) is 0.779. The minimum Gasteiger partial charge on any atom is -0.331 e. The molecule has 7 heteroatoms. The topological polar surface area (TPSA) is 71.8 Å². The van der Waals surface area contributed by atoms with E-state index in [4.69, 9.17) is 0 Å². The largest absolute Gasteiger partial charge is 0.331 e. The van der Waals surface area contributed by atoms with E-state index in [0.29, 0.717) is 6.54 Å². The van der Waals surface area contributed by atoms with Gasteiger partial charge in [-0.2, -0.15) is 0 Å². The second-order valence-electron chi connectivity index (χ2n) is 4.61. The van der Waals surface area contributed by atoms with Gasteiger partial charge in [-0.3, -0.25) is 0 Å². The normalized spacial score (nSPS) is 13.1. The molecule has 20 heavy (non-hydrogen) atoms. The summed E-state index contributed by atoms with van der Waals surface area (Å²) in [4.78, 5) is 11.8. The molecule has 0 aliphatic carbocycles. The number of rotatable bonds is 3. The molecule has 0 spiro atoms. The lowest BCUT2D eigenvalue weighted by Gasteiger charge is -2.08. The quantitative estimate of drug-likeness (QED) is 0.798. The highest BCUT2D eigenvalue weighted by Gasteiger charge is 2.17. The molecule has 2 amide bonds. The zero-order valence-corrected chi connectivity index (χ0v) is 12.9. The first-order valence-electron chi connectivity index (χ1n) is 6.44. The number of fused-ring (bicyclic) bond motifs is 1. The summed E-state index contributed by atoms with van der Waals surface area (Å²) in [6, 6.07) is 7.42. The van der Waals surface area contributed by atoms with Crippen molar-refractivity contribution in [1.29, 1.82) is 0 Å². The Labute approximate surface area is 130 Å². The number of amides is 2. The number of carbonyl (C=O) groups excluding carboxylic acids is 1. The molecule has 6 nitrogen and oxygen atoms in total. The van der Waals surface area contributed by atoms with Crippen LogP contribution in [0.1, 0.15) is 18.1 Å². The smallest absolute Gasteiger partial charge is 0.319 e. The second-order valence-corrected chi connectivity index (χ2v) is 5.85. The Morgan fingerprint density at radius 3 is 3.15 bits per heavy atom. The van der Waals surface area contributed by atoms with E-state index in [1.807, 2.05) is 24.3 Å². The van der Waals surface area contributed by atoms with Gasteiger partial charge in [-0.1, -0.05) is 6.07 Å². The highest BCUT2D eigenvalue weighted by molar-refractivity contribution is 14.1. The van der Waals surface area contributed by atoms with Crippen LogP contribution in [0.3, 0.4) is 0 Å². The van der Waals surface area contributed by atoms with Crippen molar-refractivity contribution < 1.29 is 4.79 Å². The fourth-order valence-electron chi connectivity index (χ4n) is 2.24. The number of aromatic nitrogens is 3. The zero-order chi connectivity index (χ0) is 13.9. The number of benzene rings is 1. The van der Waals surface area contributed by atoms with Gasteiger partial charge in [-0.05, 0) is 47.2 Å². The highest BCUT2D eigenvalue weighted by atomic mass is 127. The van der Waals surface area contributed by atoms with Crippen LogP contribution in [0.25, 0.3) is 0 Å². The third-order valence-electron chi connectivity index (χ3n) is 3.18. The van der Waals surface area contributed by atoms with E-state index < -0.39 is 0 Å². The van der Waals surface area contributed by atoms with E-state index >= 15 is 0 Å². The van der Waals surface area contributed by atoms with Crippen LogP contribution in [0, 0.1) is 3.57 Å². The molecular weight excluding hydrogens is 369 g/mol. The number of nitrogens with one attached hydrogen (secondary N) is 2. The third kappa shape index (κ3) is 2.92. The summed E-state index contributed by atoms with van der Waals surface area (Å²) in [5.74, 6) is 1.83. The average molecular weight is 383 g/mol. The fourth-order valence-corrected chi connectivity index (χ4v) is 2.79. The molecule has 1 aromatic heterocycles. The van der Waals surface area contributed by atoms with Gasteiger partial charge in [0.2, 0.25) is 0 Å². The van der Waals surface area contributed by atoms with Crippen LogP contribution in [0.5, 0.6) is 0 Å². The summed E-state index contributed by atoms with van der Waals surface area (Å²) in [6.07, 6.45) is 2.08. The van der Waals surface area contributed by atoms with Gasteiger partial charge in [0.1, 0.15) is 5.82 Å². The predicted molar refractivity (Wildman–Crippen MR) is 83.4 cm³/mol. The number of hydrogen-bond acceptors (Lipinski definition) is 3. The molecule has 2 aromatic rings. The molecule has 2 N–H and O–H groups in total. The SMILES string of the molecule is O=C(NCc1nnc2n1CCC2)Nc1cccc(I)c1. The van der Waals surface area contributed by atoms with Crippen molar-refractivity contribution in [1.82, 2.24) is 20.1 Å². The predicted octanol–water partition coefficient (Wildman–Crippen LogP) is 2.15. The molecule has 0 saturated carbocycles. The van der Waals surface area contributed by atoms with Gasteiger partial charge in [0.25, 0.3) is 0 Å². The molecule has 0 radical (unpaired) electrons. The fraction of sp³-hybridized carbons (Fsp3) is 0.308. The molecule has 1 aromatic carbocycles. The Bertz CT molecular complexity index is 639. The molecular formula is C13H14IN5O. The number of nitrogens with zero attached hydrogens (tertiary/aromatic N) is 3. The van der Waals surface area contributed by atoms with Crippen LogP contribution in [-0.4, -0.2) is 20.8 Å². The Kier molecular flexibility index (Phi) is 3.86. The molecule has 0 bridgehead atoms. The Hall–Kier alpha value is -1.64. The summed E-state index contributed by atoms with van der Waals surface area (Å²) in [5, 5.41) is 13.8. The number of hydrogen-bond donors (Lipinski definition) is 2. The molecule has 0 fully saturated rings. The summed E-state index contributed by atoms with van der Waals surface area (Å²) in [6.45, 7) is 1.33. The van der Waals surface area contributed by atoms with Crippen molar-refractivity contribution >= 4 is 34.3 Å². The molecule has 0 atom stereocenters. The maximum Gasteiger partial charge on any atom is 0.319 e. The van der Waals surface area contributed by atoms with Crippen LogP contribution < -0.4 is 10.6 Å². The molecule has 1 aliphatic heterocycles. The van der Waals surface area contributed by atoms with E-state index in [0.717, 1.165) is 40.3 Å². The minimum absolute atomic E-state index is 0.234. The first-order chi connectivity index (χ1) is 9.72. The van der Waals surface area contributed by atoms with Crippen molar-refractivity contribution in [3.8, 4) is 0 Å². The third-order valence-corrected chi connectivity index (χ3v) is 3.85. The van der Waals surface area contributed by atoms with Gasteiger partial charge in [0, 0.05) is 22.2 Å². The Balaban J connectivity index is 1.57. The van der Waals surface area contributed by atoms with Crippen molar-refractivity contribution in [2.45, 2.75) is 25.9 Å². The number of halogens is 1. The molecule has 2 heterocycles. The average Bonchev–Trinajstić information content (AvgIpc) is 2.99. The summed E-state index contributed by atoms with van der Waals surface area (Å²) in [7, 11) is 0. The Morgan fingerprint density at radius 1 is 1.40 bits per heavy atom. The maximum atomic E-state index is 11.8. The van der Waals surface area contributed by atoms with E-state index in [1.165, 1.54) is 0 Å². The van der Waals surface area contributed by atoms with E-state index in [-0.39, 0.29) is 6.03 Å². The summed E-state index contributed by atoms with van der Waals surface area (Å²) >= 11 is 2.21. The standard InChI is InChI=1S/C13H14IN5O/c14-9-3-1-4-10(7-9)16-13(20)15-8-12-18-17-11-5-2-6-19(11)12/h1,3-4,7H,2,5-6,8H2,(H2,15,16,20). The molecule has 0 unspecified atom stereocenters. The van der Waals surface area contributed by atoms with E-state index in [2.05, 4.69) is 48.0 Å². The maximum absolute atomic E-state index is 11.8. The van der Waals surface area contributed by atoms with Crippen molar-refractivity contribution in [3.63, 3.8) is 0 Å². The first kappa shape index (κ1) is 13.3. The van der Waals surface area contributed by atoms with Crippen LogP contribution >= 0.6 is 22.6 Å². The first-order valence-corrected chi connectivity index (χ1v) is 7.51. The van der Waals surface area contributed by atoms with Crippen molar-refractivity contribution in [2.75, 3.05) is 5.32 Å². The van der Waals surface area contributed by atoms with E-state index in [9.17, 15) is 4.79 Å². The van der Waals surface area contributed by atoms with Gasteiger partial charge >= 0.3 is 6.03 Å². The Morgan fingerprint density at radius 2 is 2.30 bits per heavy atom. The highest BCUT2D eigenvalue weighted by Crippen LogP contribution is 2.14. The molecule has 104 valence electrons. The number of urea groups is 1. The summed E-state index contributed by atoms with van der Waals surface area (Å²) < 4.78 is 3.15. The van der Waals surface area contributed by atoms with Gasteiger partial charge in [-0.15, -0.1) is 10.2 Å². The van der Waals surface area contributed by atoms with Crippen LogP contribution in [0.4, 0.5) is 10.5 Å².